The molecule has 5 heterocycles. The highest BCUT2D eigenvalue weighted by molar-refractivity contribution is 5.77. The van der Waals surface area contributed by atoms with Crippen LogP contribution in [-0.2, 0) is 6.54 Å². The second kappa shape index (κ2) is 10.2. The molecule has 3 fully saturated rings. The van der Waals surface area contributed by atoms with Crippen LogP contribution in [0.3, 0.4) is 0 Å². The summed E-state index contributed by atoms with van der Waals surface area (Å²) in [6.45, 7) is 4.63. The first-order valence-corrected chi connectivity index (χ1v) is 14.4. The van der Waals surface area contributed by atoms with E-state index in [9.17, 15) is 4.79 Å². The van der Waals surface area contributed by atoms with Gasteiger partial charge in [-0.2, -0.15) is 4.98 Å². The third kappa shape index (κ3) is 4.99. The summed E-state index contributed by atoms with van der Waals surface area (Å²) >= 11 is 0. The number of pyridine rings is 1. The monoisotopic (exact) mass is 524 g/mol. The zero-order valence-electron chi connectivity index (χ0n) is 22.5. The van der Waals surface area contributed by atoms with Crippen LogP contribution in [0.2, 0.25) is 0 Å². The summed E-state index contributed by atoms with van der Waals surface area (Å²) < 4.78 is 7.75. The minimum absolute atomic E-state index is 0.0492. The van der Waals surface area contributed by atoms with Crippen LogP contribution in [0.5, 0.6) is 0 Å². The Morgan fingerprint density at radius 1 is 1.08 bits per heavy atom. The van der Waals surface area contributed by atoms with Gasteiger partial charge in [-0.3, -0.25) is 9.36 Å². The molecule has 1 aliphatic carbocycles. The van der Waals surface area contributed by atoms with Gasteiger partial charge in [-0.25, -0.2) is 4.98 Å². The fourth-order valence-corrected chi connectivity index (χ4v) is 6.37. The van der Waals surface area contributed by atoms with Gasteiger partial charge in [0, 0.05) is 47.4 Å². The average molecular weight is 525 g/mol. The average Bonchev–Trinajstić information content (AvgIpc) is 3.44. The third-order valence-corrected chi connectivity index (χ3v) is 8.67. The summed E-state index contributed by atoms with van der Waals surface area (Å²) in [5.41, 5.74) is 4.95. The van der Waals surface area contributed by atoms with Crippen LogP contribution in [0.15, 0.2) is 58.1 Å². The van der Waals surface area contributed by atoms with Crippen molar-refractivity contribution in [1.29, 1.82) is 0 Å². The number of furan rings is 1. The van der Waals surface area contributed by atoms with Crippen LogP contribution >= 0.6 is 0 Å². The summed E-state index contributed by atoms with van der Waals surface area (Å²) in [5.74, 6) is 2.74. The molecule has 0 amide bonds. The number of likely N-dealkylation sites (N-methyl/N-ethyl adjacent to an activating group) is 1. The van der Waals surface area contributed by atoms with Crippen LogP contribution in [0.4, 0.5) is 11.6 Å². The molecule has 0 spiro atoms. The Kier molecular flexibility index (Phi) is 6.45. The van der Waals surface area contributed by atoms with Gasteiger partial charge in [0.05, 0.1) is 12.8 Å². The lowest BCUT2D eigenvalue weighted by Gasteiger charge is -2.30. The second-order valence-electron chi connectivity index (χ2n) is 11.6. The number of fused-ring (bicyclic) bond motifs is 1. The number of benzene rings is 1. The van der Waals surface area contributed by atoms with Crippen molar-refractivity contribution in [2.24, 2.45) is 0 Å². The summed E-state index contributed by atoms with van der Waals surface area (Å²) in [4.78, 5) is 25.6. The molecule has 8 heteroatoms. The molecule has 202 valence electrons. The summed E-state index contributed by atoms with van der Waals surface area (Å²) in [6, 6.07) is 12.6. The molecular weight excluding hydrogens is 488 g/mol. The van der Waals surface area contributed by atoms with Crippen molar-refractivity contribution >= 4 is 22.7 Å². The zero-order chi connectivity index (χ0) is 26.3. The quantitative estimate of drug-likeness (QED) is 0.354. The van der Waals surface area contributed by atoms with Gasteiger partial charge in [0.25, 0.3) is 5.56 Å². The van der Waals surface area contributed by atoms with Crippen molar-refractivity contribution in [1.82, 2.24) is 24.8 Å². The summed E-state index contributed by atoms with van der Waals surface area (Å²) in [6.07, 6.45) is 9.26. The maximum absolute atomic E-state index is 13.7. The van der Waals surface area contributed by atoms with Crippen molar-refractivity contribution in [3.63, 3.8) is 0 Å². The van der Waals surface area contributed by atoms with Gasteiger partial charge in [0.1, 0.15) is 11.4 Å². The highest BCUT2D eigenvalue weighted by Crippen LogP contribution is 2.39. The molecule has 1 aromatic carbocycles. The van der Waals surface area contributed by atoms with E-state index in [1.165, 1.54) is 24.9 Å². The molecule has 3 aromatic heterocycles. The second-order valence-corrected chi connectivity index (χ2v) is 11.6. The number of piperidine rings is 1. The van der Waals surface area contributed by atoms with E-state index in [-0.39, 0.29) is 5.56 Å². The van der Waals surface area contributed by atoms with Crippen LogP contribution in [0.25, 0.3) is 11.0 Å². The van der Waals surface area contributed by atoms with Crippen LogP contribution < -0.4 is 16.2 Å². The van der Waals surface area contributed by atoms with E-state index < -0.39 is 0 Å². The SMILES string of the molecule is CN1CCCC(c2ccc(Nc3ncc4cc(C5CC5)c(=O)n(Cc5ccoc5C5CCNC5)c4n3)cc2)C1. The molecule has 2 unspecified atom stereocenters. The minimum Gasteiger partial charge on any atom is -0.469 e. The van der Waals surface area contributed by atoms with E-state index in [0.717, 1.165) is 66.9 Å². The molecule has 2 atom stereocenters. The first-order valence-electron chi connectivity index (χ1n) is 14.4. The molecule has 3 aliphatic rings. The number of aromatic nitrogens is 3. The van der Waals surface area contributed by atoms with Gasteiger partial charge in [-0.05, 0) is 93.9 Å². The Morgan fingerprint density at radius 2 is 1.95 bits per heavy atom. The van der Waals surface area contributed by atoms with E-state index in [1.54, 1.807) is 6.26 Å². The van der Waals surface area contributed by atoms with Gasteiger partial charge in [-0.1, -0.05) is 12.1 Å². The third-order valence-electron chi connectivity index (χ3n) is 8.67. The summed E-state index contributed by atoms with van der Waals surface area (Å²) in [7, 11) is 2.20. The number of nitrogens with zero attached hydrogens (tertiary/aromatic N) is 4. The Labute approximate surface area is 228 Å². The van der Waals surface area contributed by atoms with Crippen LogP contribution in [0, 0.1) is 0 Å². The molecule has 4 aromatic rings. The number of hydrogen-bond acceptors (Lipinski definition) is 7. The van der Waals surface area contributed by atoms with Gasteiger partial charge < -0.3 is 20.0 Å². The van der Waals surface area contributed by atoms with Crippen LogP contribution in [0.1, 0.15) is 72.3 Å². The molecular formula is C31H36N6O2. The fraction of sp³-hybridized carbons (Fsp3) is 0.452. The van der Waals surface area contributed by atoms with Gasteiger partial charge in [0.2, 0.25) is 5.95 Å². The molecule has 0 bridgehead atoms. The number of hydrogen-bond donors (Lipinski definition) is 2. The maximum atomic E-state index is 13.7. The molecule has 1 saturated carbocycles. The Bertz CT molecular complexity index is 1530. The number of nitrogens with one attached hydrogen (secondary N) is 2. The number of rotatable bonds is 7. The Balaban J connectivity index is 1.20. The molecule has 8 nitrogen and oxygen atoms in total. The number of likely N-dealkylation sites (tertiary alicyclic amines) is 1. The predicted molar refractivity (Wildman–Crippen MR) is 153 cm³/mol. The van der Waals surface area contributed by atoms with E-state index >= 15 is 0 Å². The van der Waals surface area contributed by atoms with Gasteiger partial charge in [-0.15, -0.1) is 0 Å². The first kappa shape index (κ1) is 24.5. The first-order chi connectivity index (χ1) is 19.1. The summed E-state index contributed by atoms with van der Waals surface area (Å²) in [5, 5.41) is 7.69. The van der Waals surface area contributed by atoms with E-state index in [1.807, 2.05) is 22.9 Å². The largest absolute Gasteiger partial charge is 0.469 e. The van der Waals surface area contributed by atoms with E-state index in [2.05, 4.69) is 51.8 Å². The number of anilines is 2. The highest BCUT2D eigenvalue weighted by atomic mass is 16.3. The van der Waals surface area contributed by atoms with E-state index in [0.29, 0.717) is 35.9 Å². The molecule has 2 saturated heterocycles. The lowest BCUT2D eigenvalue weighted by molar-refractivity contribution is 0.251. The van der Waals surface area contributed by atoms with E-state index in [4.69, 9.17) is 9.40 Å². The normalized spacial score (nSPS) is 22.0. The van der Waals surface area contributed by atoms with Crippen LogP contribution in [-0.4, -0.2) is 52.7 Å². The smallest absolute Gasteiger partial charge is 0.256 e. The maximum Gasteiger partial charge on any atom is 0.256 e. The molecule has 0 radical (unpaired) electrons. The van der Waals surface area contributed by atoms with Gasteiger partial charge >= 0.3 is 0 Å². The lowest BCUT2D eigenvalue weighted by atomic mass is 9.91. The zero-order valence-corrected chi connectivity index (χ0v) is 22.5. The minimum atomic E-state index is 0.0492. The van der Waals surface area contributed by atoms with Crippen molar-refractivity contribution in [2.75, 3.05) is 38.5 Å². The highest BCUT2D eigenvalue weighted by Gasteiger charge is 2.29. The fourth-order valence-electron chi connectivity index (χ4n) is 6.37. The van der Waals surface area contributed by atoms with Crippen molar-refractivity contribution in [3.05, 3.63) is 81.7 Å². The van der Waals surface area contributed by atoms with Crippen molar-refractivity contribution in [2.45, 2.75) is 56.4 Å². The molecule has 2 N–H and O–H groups in total. The van der Waals surface area contributed by atoms with Gasteiger partial charge in [0.15, 0.2) is 0 Å². The lowest BCUT2D eigenvalue weighted by Crippen LogP contribution is -2.30. The Hall–Kier alpha value is -3.49. The molecule has 7 rings (SSSR count). The van der Waals surface area contributed by atoms with Crippen molar-refractivity contribution in [3.8, 4) is 0 Å². The molecule has 2 aliphatic heterocycles. The van der Waals surface area contributed by atoms with Crippen molar-refractivity contribution < 1.29 is 4.42 Å². The standard InChI is InChI=1S/C31H36N6O2/c1-36-13-2-3-23(18-36)20-6-8-26(9-7-20)34-31-33-17-25-15-27(21-4-5-21)30(38)37(29(25)35-31)19-24-11-14-39-28(24)22-10-12-32-16-22/h6-9,11,14-15,17,21-23,32H,2-5,10,12-13,16,18-19H2,1H3,(H,33,34,35). The Morgan fingerprint density at radius 3 is 2.72 bits per heavy atom. The molecule has 39 heavy (non-hydrogen) atoms. The predicted octanol–water partition coefficient (Wildman–Crippen LogP) is 4.94. The topological polar surface area (TPSA) is 88.2 Å².